The molecule has 1 nitrogen and oxygen atoms in total. The third-order valence-corrected chi connectivity index (χ3v) is 8.56. The summed E-state index contributed by atoms with van der Waals surface area (Å²) in [6.07, 6.45) is 32.1. The van der Waals surface area contributed by atoms with Gasteiger partial charge in [0.1, 0.15) is 0 Å². The second-order valence-electron chi connectivity index (χ2n) is 11.7. The highest BCUT2D eigenvalue weighted by Gasteiger charge is 2.22. The van der Waals surface area contributed by atoms with Gasteiger partial charge in [0.2, 0.25) is 0 Å². The first-order chi connectivity index (χ1) is 16.2. The lowest BCUT2D eigenvalue weighted by molar-refractivity contribution is 0.145. The van der Waals surface area contributed by atoms with Crippen LogP contribution in [0.15, 0.2) is 0 Å². The van der Waals surface area contributed by atoms with Crippen LogP contribution in [-0.2, 0) is 0 Å². The Morgan fingerprint density at radius 3 is 1.55 bits per heavy atom. The van der Waals surface area contributed by atoms with Gasteiger partial charge in [-0.3, -0.25) is 0 Å². The van der Waals surface area contributed by atoms with Gasteiger partial charge in [0, 0.05) is 6.54 Å². The van der Waals surface area contributed by atoms with Gasteiger partial charge in [0.05, 0.1) is 0 Å². The molecule has 1 saturated heterocycles. The Bertz CT molecular complexity index is 372. The summed E-state index contributed by atoms with van der Waals surface area (Å²) in [6, 6.07) is 0. The monoisotopic (exact) mass is 464 g/mol. The maximum Gasteiger partial charge on any atom is 0.000966 e. The summed E-state index contributed by atoms with van der Waals surface area (Å²) in [5, 5.41) is 0. The van der Waals surface area contributed by atoms with Crippen molar-refractivity contribution in [3.8, 4) is 0 Å². The zero-order chi connectivity index (χ0) is 24.0. The predicted molar refractivity (Wildman–Crippen MR) is 151 cm³/mol. The summed E-state index contributed by atoms with van der Waals surface area (Å²) in [7, 11) is 0. The van der Waals surface area contributed by atoms with E-state index in [4.69, 9.17) is 0 Å². The van der Waals surface area contributed by atoms with Crippen molar-refractivity contribution < 1.29 is 0 Å². The third kappa shape index (κ3) is 17.1. The van der Waals surface area contributed by atoms with Crippen LogP contribution in [0.3, 0.4) is 0 Å². The normalized spacial score (nSPS) is 16.6. The molecule has 1 heteroatoms. The molecule has 0 aromatic rings. The molecule has 1 atom stereocenters. The van der Waals surface area contributed by atoms with Crippen LogP contribution in [0, 0.1) is 17.8 Å². The lowest BCUT2D eigenvalue weighted by Crippen LogP contribution is -2.37. The summed E-state index contributed by atoms with van der Waals surface area (Å²) in [4.78, 5) is 2.86. The molecule has 33 heavy (non-hydrogen) atoms. The quantitative estimate of drug-likeness (QED) is 0.136. The zero-order valence-electron chi connectivity index (χ0n) is 23.9. The molecule has 1 heterocycles. The Morgan fingerprint density at radius 2 is 0.970 bits per heavy atom. The van der Waals surface area contributed by atoms with E-state index < -0.39 is 0 Å². The molecule has 198 valence electrons. The molecule has 0 bridgehead atoms. The lowest BCUT2D eigenvalue weighted by Gasteiger charge is -2.34. The van der Waals surface area contributed by atoms with Crippen molar-refractivity contribution in [3.05, 3.63) is 0 Å². The van der Waals surface area contributed by atoms with E-state index in [1.807, 2.05) is 0 Å². The van der Waals surface area contributed by atoms with Crippen LogP contribution in [0.1, 0.15) is 169 Å². The van der Waals surface area contributed by atoms with Crippen LogP contribution in [0.4, 0.5) is 0 Å². The van der Waals surface area contributed by atoms with Crippen molar-refractivity contribution in [1.82, 2.24) is 4.90 Å². The van der Waals surface area contributed by atoms with Crippen LogP contribution in [0.25, 0.3) is 0 Å². The van der Waals surface area contributed by atoms with Crippen LogP contribution in [0.2, 0.25) is 0 Å². The molecule has 1 aliphatic heterocycles. The first-order valence-corrected chi connectivity index (χ1v) is 16.0. The molecule has 0 aliphatic carbocycles. The molecule has 1 aliphatic rings. The van der Waals surface area contributed by atoms with Gasteiger partial charge in [-0.25, -0.2) is 0 Å². The number of likely N-dealkylation sites (tertiary alicyclic amines) is 1. The van der Waals surface area contributed by atoms with Crippen LogP contribution in [-0.4, -0.2) is 24.5 Å². The van der Waals surface area contributed by atoms with Crippen molar-refractivity contribution in [2.75, 3.05) is 19.6 Å². The second kappa shape index (κ2) is 22.4. The Labute approximate surface area is 211 Å². The Morgan fingerprint density at radius 1 is 0.515 bits per heavy atom. The minimum atomic E-state index is 0.970. The lowest BCUT2D eigenvalue weighted by atomic mass is 9.86. The van der Waals surface area contributed by atoms with Gasteiger partial charge in [-0.05, 0) is 56.5 Å². The molecule has 0 radical (unpaired) electrons. The van der Waals surface area contributed by atoms with Gasteiger partial charge in [-0.15, -0.1) is 0 Å². The SMILES string of the molecule is CCCCCCC(CCCCCC)CN1CCC(CCCC(CCCC)CCCCC)CC1. The summed E-state index contributed by atoms with van der Waals surface area (Å²) in [5.41, 5.74) is 0. The number of rotatable bonds is 23. The molecule has 1 unspecified atom stereocenters. The van der Waals surface area contributed by atoms with E-state index >= 15 is 0 Å². The van der Waals surface area contributed by atoms with Crippen LogP contribution >= 0.6 is 0 Å². The number of hydrogen-bond donors (Lipinski definition) is 0. The average Bonchev–Trinajstić information content (AvgIpc) is 2.83. The minimum Gasteiger partial charge on any atom is -0.303 e. The highest BCUT2D eigenvalue weighted by molar-refractivity contribution is 4.76. The fraction of sp³-hybridized carbons (Fsp3) is 1.00. The molecule has 0 saturated carbocycles. The molecule has 0 spiro atoms. The van der Waals surface area contributed by atoms with E-state index in [2.05, 4.69) is 32.6 Å². The average molecular weight is 464 g/mol. The van der Waals surface area contributed by atoms with E-state index in [0.29, 0.717) is 0 Å². The van der Waals surface area contributed by atoms with Crippen molar-refractivity contribution >= 4 is 0 Å². The minimum absolute atomic E-state index is 0.970. The van der Waals surface area contributed by atoms with Crippen LogP contribution in [0.5, 0.6) is 0 Å². The Hall–Kier alpha value is -0.0400. The van der Waals surface area contributed by atoms with E-state index in [0.717, 1.165) is 17.8 Å². The van der Waals surface area contributed by atoms with E-state index in [9.17, 15) is 0 Å². The highest BCUT2D eigenvalue weighted by Crippen LogP contribution is 2.28. The molecule has 1 rings (SSSR count). The van der Waals surface area contributed by atoms with E-state index in [1.54, 1.807) is 0 Å². The first-order valence-electron chi connectivity index (χ1n) is 16.0. The van der Waals surface area contributed by atoms with Gasteiger partial charge in [0.25, 0.3) is 0 Å². The molecule has 1 fully saturated rings. The van der Waals surface area contributed by atoms with Crippen LogP contribution < -0.4 is 0 Å². The van der Waals surface area contributed by atoms with Gasteiger partial charge < -0.3 is 4.90 Å². The smallest absolute Gasteiger partial charge is 0.000966 e. The van der Waals surface area contributed by atoms with Crippen molar-refractivity contribution in [2.45, 2.75) is 169 Å². The summed E-state index contributed by atoms with van der Waals surface area (Å²) >= 11 is 0. The molecule has 0 amide bonds. The molecule has 0 N–H and O–H groups in total. The van der Waals surface area contributed by atoms with Gasteiger partial charge in [-0.2, -0.15) is 0 Å². The standard InChI is InChI=1S/C32H65N/c1-5-9-13-16-21-32(22-17-14-10-6-2)29-33-27-25-31(26-28-33)24-18-23-30(19-12-8-4)20-15-11-7-3/h30-32H,5-29H2,1-4H3. The Kier molecular flexibility index (Phi) is 21.1. The highest BCUT2D eigenvalue weighted by atomic mass is 15.1. The fourth-order valence-electron chi connectivity index (χ4n) is 6.17. The number of nitrogens with zero attached hydrogens (tertiary/aromatic N) is 1. The number of piperidine rings is 1. The fourth-order valence-corrected chi connectivity index (χ4v) is 6.17. The maximum atomic E-state index is 2.86. The molecule has 0 aromatic carbocycles. The molecular formula is C32H65N. The summed E-state index contributed by atoms with van der Waals surface area (Å²) in [6.45, 7) is 13.6. The van der Waals surface area contributed by atoms with E-state index in [-0.39, 0.29) is 0 Å². The second-order valence-corrected chi connectivity index (χ2v) is 11.7. The zero-order valence-corrected chi connectivity index (χ0v) is 23.9. The topological polar surface area (TPSA) is 3.24 Å². The predicted octanol–water partition coefficient (Wildman–Crippen LogP) is 10.8. The van der Waals surface area contributed by atoms with Gasteiger partial charge >= 0.3 is 0 Å². The van der Waals surface area contributed by atoms with Crippen molar-refractivity contribution in [1.29, 1.82) is 0 Å². The van der Waals surface area contributed by atoms with E-state index in [1.165, 1.54) is 161 Å². The van der Waals surface area contributed by atoms with Crippen molar-refractivity contribution in [2.24, 2.45) is 17.8 Å². The summed E-state index contributed by atoms with van der Waals surface area (Å²) in [5.74, 6) is 3.02. The third-order valence-electron chi connectivity index (χ3n) is 8.56. The first kappa shape index (κ1) is 31.0. The number of hydrogen-bond acceptors (Lipinski definition) is 1. The number of unbranched alkanes of at least 4 members (excludes halogenated alkanes) is 9. The maximum absolute atomic E-state index is 2.86. The molecular weight excluding hydrogens is 398 g/mol. The van der Waals surface area contributed by atoms with Gasteiger partial charge in [0.15, 0.2) is 0 Å². The Balaban J connectivity index is 2.28. The van der Waals surface area contributed by atoms with Crippen molar-refractivity contribution in [3.63, 3.8) is 0 Å². The summed E-state index contributed by atoms with van der Waals surface area (Å²) < 4.78 is 0. The van der Waals surface area contributed by atoms with Gasteiger partial charge in [-0.1, -0.05) is 143 Å². The largest absolute Gasteiger partial charge is 0.303 e. The molecule has 0 aromatic heterocycles.